The Balaban J connectivity index is 3.58. The van der Waals surface area contributed by atoms with E-state index >= 15 is 0 Å². The summed E-state index contributed by atoms with van der Waals surface area (Å²) < 4.78 is 0. The molecule has 0 spiro atoms. The first-order valence-electron chi connectivity index (χ1n) is 9.71. The number of ketones is 1. The fourth-order valence-electron chi connectivity index (χ4n) is 2.81. The van der Waals surface area contributed by atoms with Crippen molar-refractivity contribution >= 4 is 11.8 Å². The van der Waals surface area contributed by atoms with Gasteiger partial charge in [0.15, 0.2) is 5.54 Å². The number of aliphatic carboxylic acids is 1. The first kappa shape index (κ1) is 24.0. The number of unbranched alkanes of at least 4 members (excludes halogenated alkanes) is 8. The molecule has 0 radical (unpaired) electrons. The van der Waals surface area contributed by atoms with Gasteiger partial charge in [-0.25, -0.2) is 0 Å². The topological polar surface area (TPSA) is 121 Å². The highest BCUT2D eigenvalue weighted by atomic mass is 16.4. The van der Waals surface area contributed by atoms with Crippen molar-refractivity contribution in [1.29, 1.82) is 0 Å². The van der Waals surface area contributed by atoms with Crippen molar-refractivity contribution in [3.8, 4) is 0 Å². The summed E-state index contributed by atoms with van der Waals surface area (Å²) in [6.45, 7) is 1.38. The Morgan fingerprint density at radius 2 is 1.40 bits per heavy atom. The first-order chi connectivity index (χ1) is 11.9. The molecule has 0 bridgehead atoms. The number of carbonyl (C=O) groups is 2. The van der Waals surface area contributed by atoms with E-state index in [1.807, 2.05) is 0 Å². The highest BCUT2D eigenvalue weighted by Gasteiger charge is 2.40. The maximum absolute atomic E-state index is 11.7. The smallest absolute Gasteiger partial charge is 0.328 e. The van der Waals surface area contributed by atoms with Gasteiger partial charge in [-0.15, -0.1) is 0 Å². The molecule has 0 aliphatic rings. The Morgan fingerprint density at radius 3 is 1.88 bits per heavy atom. The second kappa shape index (κ2) is 14.2. The predicted octanol–water partition coefficient (Wildman–Crippen LogP) is 2.78. The molecular weight excluding hydrogens is 322 g/mol. The minimum Gasteiger partial charge on any atom is -0.480 e. The van der Waals surface area contributed by atoms with Gasteiger partial charge in [0.05, 0.1) is 12.7 Å². The van der Waals surface area contributed by atoms with Crippen LogP contribution in [0.1, 0.15) is 90.4 Å². The summed E-state index contributed by atoms with van der Waals surface area (Å²) in [6.07, 6.45) is 10.5. The van der Waals surface area contributed by atoms with Crippen molar-refractivity contribution in [1.82, 2.24) is 0 Å². The van der Waals surface area contributed by atoms with Gasteiger partial charge in [-0.05, 0) is 19.3 Å². The lowest BCUT2D eigenvalue weighted by Crippen LogP contribution is -2.60. The SMILES string of the molecule is CCCCCCC(=O)CCCCCCCC[C@H](O)[C@](N)(CO)C(=O)O. The number of nitrogens with two attached hydrogens (primary N) is 1. The van der Waals surface area contributed by atoms with Crippen LogP contribution < -0.4 is 5.73 Å². The molecule has 6 nitrogen and oxygen atoms in total. The van der Waals surface area contributed by atoms with Crippen LogP contribution in [0, 0.1) is 0 Å². The number of hydrogen-bond acceptors (Lipinski definition) is 5. The summed E-state index contributed by atoms with van der Waals surface area (Å²) >= 11 is 0. The molecule has 0 aromatic rings. The van der Waals surface area contributed by atoms with Crippen molar-refractivity contribution in [2.45, 2.75) is 102 Å². The van der Waals surface area contributed by atoms with Crippen LogP contribution >= 0.6 is 0 Å². The largest absolute Gasteiger partial charge is 0.480 e. The van der Waals surface area contributed by atoms with Gasteiger partial charge in [0.1, 0.15) is 5.78 Å². The maximum Gasteiger partial charge on any atom is 0.328 e. The van der Waals surface area contributed by atoms with Crippen molar-refractivity contribution in [2.24, 2.45) is 5.73 Å². The van der Waals surface area contributed by atoms with E-state index in [0.717, 1.165) is 44.9 Å². The van der Waals surface area contributed by atoms with E-state index in [4.69, 9.17) is 15.9 Å². The van der Waals surface area contributed by atoms with Gasteiger partial charge in [-0.2, -0.15) is 0 Å². The summed E-state index contributed by atoms with van der Waals surface area (Å²) in [5.74, 6) is -1.02. The zero-order valence-corrected chi connectivity index (χ0v) is 15.7. The number of carboxylic acids is 1. The number of hydrogen-bond donors (Lipinski definition) is 4. The first-order valence-corrected chi connectivity index (χ1v) is 9.71. The van der Waals surface area contributed by atoms with Gasteiger partial charge in [0.25, 0.3) is 0 Å². The molecule has 25 heavy (non-hydrogen) atoms. The average molecular weight is 360 g/mol. The fourth-order valence-corrected chi connectivity index (χ4v) is 2.81. The lowest BCUT2D eigenvalue weighted by Gasteiger charge is -2.27. The highest BCUT2D eigenvalue weighted by molar-refractivity contribution is 5.79. The lowest BCUT2D eigenvalue weighted by atomic mass is 9.90. The number of carboxylic acid groups (broad SMARTS) is 1. The molecule has 0 saturated heterocycles. The Kier molecular flexibility index (Phi) is 13.7. The molecule has 148 valence electrons. The van der Waals surface area contributed by atoms with Crippen molar-refractivity contribution in [3.63, 3.8) is 0 Å². The maximum atomic E-state index is 11.7. The predicted molar refractivity (Wildman–Crippen MR) is 98.3 cm³/mol. The Bertz CT molecular complexity index is 375. The average Bonchev–Trinajstić information content (AvgIpc) is 2.59. The third kappa shape index (κ3) is 10.6. The minimum absolute atomic E-state index is 0.263. The number of aliphatic hydroxyl groups is 2. The Morgan fingerprint density at radius 1 is 0.920 bits per heavy atom. The molecular formula is C19H37NO5. The molecule has 0 heterocycles. The molecule has 2 atom stereocenters. The van der Waals surface area contributed by atoms with Gasteiger partial charge in [0.2, 0.25) is 0 Å². The molecule has 0 aliphatic heterocycles. The van der Waals surface area contributed by atoms with Crippen LogP contribution in [0.15, 0.2) is 0 Å². The number of Topliss-reactive ketones (excluding diaryl/α,β-unsaturated/α-hetero) is 1. The van der Waals surface area contributed by atoms with Gasteiger partial charge in [-0.1, -0.05) is 58.3 Å². The van der Waals surface area contributed by atoms with Crippen LogP contribution in [0.25, 0.3) is 0 Å². The van der Waals surface area contributed by atoms with E-state index in [2.05, 4.69) is 6.92 Å². The number of rotatable bonds is 17. The van der Waals surface area contributed by atoms with Gasteiger partial charge >= 0.3 is 5.97 Å². The third-order valence-electron chi connectivity index (χ3n) is 4.75. The van der Waals surface area contributed by atoms with Gasteiger partial charge in [0, 0.05) is 12.8 Å². The van der Waals surface area contributed by atoms with E-state index in [1.54, 1.807) is 0 Å². The second-order valence-electron chi connectivity index (χ2n) is 7.03. The van der Waals surface area contributed by atoms with E-state index in [1.165, 1.54) is 12.8 Å². The molecule has 5 N–H and O–H groups in total. The monoisotopic (exact) mass is 359 g/mol. The molecule has 0 saturated carbocycles. The van der Waals surface area contributed by atoms with Crippen LogP contribution in [0.5, 0.6) is 0 Å². The normalized spacial score (nSPS) is 14.9. The Labute approximate surface area is 151 Å². The van der Waals surface area contributed by atoms with Crippen LogP contribution in [0.4, 0.5) is 0 Å². The molecule has 0 aromatic carbocycles. The van der Waals surface area contributed by atoms with Crippen LogP contribution in [0.2, 0.25) is 0 Å². The standard InChI is InChI=1S/C19H37NO5/c1-2-3-4-9-12-16(22)13-10-7-5-6-8-11-14-17(23)19(20,15-21)18(24)25/h17,21,23H,2-15,20H2,1H3,(H,24,25)/t17-,19+/m0/s1. The molecule has 0 fully saturated rings. The third-order valence-corrected chi connectivity index (χ3v) is 4.75. The summed E-state index contributed by atoms with van der Waals surface area (Å²) in [7, 11) is 0. The summed E-state index contributed by atoms with van der Waals surface area (Å²) in [5.41, 5.74) is 3.54. The van der Waals surface area contributed by atoms with E-state index in [0.29, 0.717) is 25.0 Å². The lowest BCUT2D eigenvalue weighted by molar-refractivity contribution is -0.150. The van der Waals surface area contributed by atoms with E-state index < -0.39 is 24.2 Å². The summed E-state index contributed by atoms with van der Waals surface area (Å²) in [5, 5.41) is 27.9. The minimum atomic E-state index is -1.97. The number of aliphatic hydroxyl groups excluding tert-OH is 2. The van der Waals surface area contributed by atoms with Crippen LogP contribution in [-0.2, 0) is 9.59 Å². The van der Waals surface area contributed by atoms with Crippen LogP contribution in [0.3, 0.4) is 0 Å². The van der Waals surface area contributed by atoms with Crippen LogP contribution in [-0.4, -0.2) is 45.3 Å². The van der Waals surface area contributed by atoms with E-state index in [9.17, 15) is 14.7 Å². The molecule has 0 aliphatic carbocycles. The van der Waals surface area contributed by atoms with Crippen molar-refractivity contribution in [3.05, 3.63) is 0 Å². The molecule has 0 aromatic heterocycles. The number of carbonyl (C=O) groups excluding carboxylic acids is 1. The molecule has 0 rings (SSSR count). The van der Waals surface area contributed by atoms with E-state index in [-0.39, 0.29) is 6.42 Å². The second-order valence-corrected chi connectivity index (χ2v) is 7.03. The summed E-state index contributed by atoms with van der Waals surface area (Å²) in [6, 6.07) is 0. The van der Waals surface area contributed by atoms with Crippen molar-refractivity contribution in [2.75, 3.05) is 6.61 Å². The molecule has 6 heteroatoms. The zero-order valence-electron chi connectivity index (χ0n) is 15.7. The zero-order chi connectivity index (χ0) is 19.1. The molecule has 0 unspecified atom stereocenters. The highest BCUT2D eigenvalue weighted by Crippen LogP contribution is 2.16. The van der Waals surface area contributed by atoms with Gasteiger partial charge in [-0.3, -0.25) is 9.59 Å². The fraction of sp³-hybridized carbons (Fsp3) is 0.895. The quantitative estimate of drug-likeness (QED) is 0.296. The van der Waals surface area contributed by atoms with Gasteiger partial charge < -0.3 is 21.1 Å². The summed E-state index contributed by atoms with van der Waals surface area (Å²) in [4.78, 5) is 22.7. The molecule has 0 amide bonds. The van der Waals surface area contributed by atoms with Crippen molar-refractivity contribution < 1.29 is 24.9 Å². The Hall–Kier alpha value is -0.980.